The third kappa shape index (κ3) is 2.58. The van der Waals surface area contributed by atoms with Crippen molar-refractivity contribution in [2.45, 2.75) is 15.2 Å². The van der Waals surface area contributed by atoms with E-state index in [-0.39, 0.29) is 11.4 Å². The Bertz CT molecular complexity index is 390. The normalized spacial score (nSPS) is 19.1. The first kappa shape index (κ1) is 10.6. The Morgan fingerprint density at radius 3 is 2.93 bits per heavy atom. The van der Waals surface area contributed by atoms with Gasteiger partial charge in [-0.15, -0.1) is 11.8 Å². The molecule has 0 radical (unpaired) electrons. The summed E-state index contributed by atoms with van der Waals surface area (Å²) in [5, 5.41) is 0. The van der Waals surface area contributed by atoms with E-state index in [0.717, 1.165) is 5.75 Å². The van der Waals surface area contributed by atoms with Crippen molar-refractivity contribution in [3.8, 4) is 0 Å². The Kier molecular flexibility index (Phi) is 3.38. The summed E-state index contributed by atoms with van der Waals surface area (Å²) in [5.74, 6) is 0.439. The van der Waals surface area contributed by atoms with Crippen molar-refractivity contribution in [1.29, 1.82) is 0 Å². The van der Waals surface area contributed by atoms with E-state index in [2.05, 4.69) is 12.6 Å². The Morgan fingerprint density at radius 1 is 1.47 bits per heavy atom. The van der Waals surface area contributed by atoms with Crippen LogP contribution < -0.4 is 0 Å². The SMILES string of the molecule is C=CC(=O)OC1CSc2ccccc2S1. The van der Waals surface area contributed by atoms with Crippen LogP contribution in [0.5, 0.6) is 0 Å². The van der Waals surface area contributed by atoms with Gasteiger partial charge >= 0.3 is 5.97 Å². The van der Waals surface area contributed by atoms with Gasteiger partial charge in [-0.3, -0.25) is 0 Å². The quantitative estimate of drug-likeness (QED) is 0.584. The molecule has 0 saturated heterocycles. The van der Waals surface area contributed by atoms with Crippen molar-refractivity contribution in [3.05, 3.63) is 36.9 Å². The van der Waals surface area contributed by atoms with Crippen LogP contribution in [0.25, 0.3) is 0 Å². The standard InChI is InChI=1S/C11H10O2S2/c1-2-10(12)13-11-7-14-8-5-3-4-6-9(8)15-11/h2-6,11H,1,7H2. The molecule has 0 fully saturated rings. The largest absolute Gasteiger partial charge is 0.447 e. The molecule has 0 N–H and O–H groups in total. The van der Waals surface area contributed by atoms with Crippen molar-refractivity contribution in [2.75, 3.05) is 5.75 Å². The summed E-state index contributed by atoms with van der Waals surface area (Å²) >= 11 is 3.31. The van der Waals surface area contributed by atoms with Crippen LogP contribution in [0, 0.1) is 0 Å². The highest BCUT2D eigenvalue weighted by Gasteiger charge is 2.21. The molecule has 1 atom stereocenters. The van der Waals surface area contributed by atoms with Gasteiger partial charge in [-0.25, -0.2) is 4.79 Å². The molecule has 2 rings (SSSR count). The first-order valence-electron chi connectivity index (χ1n) is 4.51. The second-order valence-corrected chi connectivity index (χ2v) is 5.21. The number of ether oxygens (including phenoxy) is 1. The molecule has 1 aliphatic heterocycles. The summed E-state index contributed by atoms with van der Waals surface area (Å²) in [6.07, 6.45) is 1.20. The molecule has 0 aliphatic carbocycles. The van der Waals surface area contributed by atoms with E-state index in [9.17, 15) is 4.79 Å². The van der Waals surface area contributed by atoms with Crippen LogP contribution in [-0.2, 0) is 9.53 Å². The summed E-state index contributed by atoms with van der Waals surface area (Å²) in [4.78, 5) is 13.5. The van der Waals surface area contributed by atoms with Crippen LogP contribution >= 0.6 is 23.5 Å². The molecule has 1 aromatic rings. The summed E-state index contributed by atoms with van der Waals surface area (Å²) in [5.41, 5.74) is -0.101. The highest BCUT2D eigenvalue weighted by atomic mass is 32.2. The van der Waals surface area contributed by atoms with E-state index in [1.165, 1.54) is 15.9 Å². The molecule has 78 valence electrons. The van der Waals surface area contributed by atoms with E-state index in [1.54, 1.807) is 23.5 Å². The van der Waals surface area contributed by atoms with Gasteiger partial charge in [-0.1, -0.05) is 30.5 Å². The van der Waals surface area contributed by atoms with Crippen molar-refractivity contribution in [1.82, 2.24) is 0 Å². The van der Waals surface area contributed by atoms with Crippen molar-refractivity contribution < 1.29 is 9.53 Å². The molecule has 2 nitrogen and oxygen atoms in total. The third-order valence-electron chi connectivity index (χ3n) is 1.90. The zero-order chi connectivity index (χ0) is 10.7. The average Bonchev–Trinajstić information content (AvgIpc) is 2.29. The molecule has 0 spiro atoms. The topological polar surface area (TPSA) is 26.3 Å². The number of benzene rings is 1. The maximum Gasteiger partial charge on any atom is 0.331 e. The number of thioether (sulfide) groups is 2. The zero-order valence-corrected chi connectivity index (χ0v) is 9.64. The molecule has 1 unspecified atom stereocenters. The fraction of sp³-hybridized carbons (Fsp3) is 0.182. The number of fused-ring (bicyclic) bond motifs is 1. The first-order chi connectivity index (χ1) is 7.29. The summed E-state index contributed by atoms with van der Waals surface area (Å²) in [6, 6.07) is 8.13. The van der Waals surface area contributed by atoms with Gasteiger partial charge < -0.3 is 4.74 Å². The molecule has 1 heterocycles. The lowest BCUT2D eigenvalue weighted by molar-refractivity contribution is -0.138. The van der Waals surface area contributed by atoms with E-state index in [0.29, 0.717) is 0 Å². The smallest absolute Gasteiger partial charge is 0.331 e. The number of carbonyl (C=O) groups excluding carboxylic acids is 1. The minimum Gasteiger partial charge on any atom is -0.447 e. The second kappa shape index (κ2) is 4.77. The zero-order valence-electron chi connectivity index (χ0n) is 8.01. The first-order valence-corrected chi connectivity index (χ1v) is 6.37. The predicted molar refractivity (Wildman–Crippen MR) is 63.1 cm³/mol. The van der Waals surface area contributed by atoms with Gasteiger partial charge in [0.25, 0.3) is 0 Å². The second-order valence-electron chi connectivity index (χ2n) is 2.95. The Hall–Kier alpha value is -0.870. The van der Waals surface area contributed by atoms with Gasteiger partial charge in [0.05, 0.1) is 0 Å². The number of carbonyl (C=O) groups is 1. The van der Waals surface area contributed by atoms with Crippen LogP contribution in [0.15, 0.2) is 46.7 Å². The molecule has 1 aromatic carbocycles. The molecule has 1 aliphatic rings. The Morgan fingerprint density at radius 2 is 2.20 bits per heavy atom. The monoisotopic (exact) mass is 238 g/mol. The van der Waals surface area contributed by atoms with Gasteiger partial charge in [0.1, 0.15) is 0 Å². The van der Waals surface area contributed by atoms with Gasteiger partial charge in [-0.05, 0) is 12.1 Å². The Labute approximate surface area is 97.1 Å². The maximum atomic E-state index is 11.0. The lowest BCUT2D eigenvalue weighted by atomic mass is 10.4. The predicted octanol–water partition coefficient (Wildman–Crippen LogP) is 2.94. The number of esters is 1. The number of hydrogen-bond acceptors (Lipinski definition) is 4. The lowest BCUT2D eigenvalue weighted by Gasteiger charge is -2.22. The highest BCUT2D eigenvalue weighted by Crippen LogP contribution is 2.40. The van der Waals surface area contributed by atoms with Crippen molar-refractivity contribution in [3.63, 3.8) is 0 Å². The van der Waals surface area contributed by atoms with Crippen molar-refractivity contribution in [2.24, 2.45) is 0 Å². The fourth-order valence-electron chi connectivity index (χ4n) is 1.24. The van der Waals surface area contributed by atoms with Gasteiger partial charge in [0.15, 0.2) is 5.44 Å². The fourth-order valence-corrected chi connectivity index (χ4v) is 3.57. The average molecular weight is 238 g/mol. The molecule has 0 aromatic heterocycles. The van der Waals surface area contributed by atoms with Crippen LogP contribution in [0.1, 0.15) is 0 Å². The van der Waals surface area contributed by atoms with E-state index < -0.39 is 0 Å². The summed E-state index contributed by atoms with van der Waals surface area (Å²) in [7, 11) is 0. The van der Waals surface area contributed by atoms with Gasteiger partial charge in [0, 0.05) is 21.6 Å². The van der Waals surface area contributed by atoms with Crippen molar-refractivity contribution >= 4 is 29.5 Å². The Balaban J connectivity index is 2.05. The minimum atomic E-state index is -0.354. The van der Waals surface area contributed by atoms with E-state index in [1.807, 2.05) is 18.2 Å². The van der Waals surface area contributed by atoms with Gasteiger partial charge in [0.2, 0.25) is 0 Å². The maximum absolute atomic E-state index is 11.0. The summed E-state index contributed by atoms with van der Waals surface area (Å²) < 4.78 is 5.18. The molecular formula is C11H10O2S2. The molecule has 0 bridgehead atoms. The molecule has 0 amide bonds. The lowest BCUT2D eigenvalue weighted by Crippen LogP contribution is -2.18. The van der Waals surface area contributed by atoms with E-state index >= 15 is 0 Å². The van der Waals surface area contributed by atoms with E-state index in [4.69, 9.17) is 4.74 Å². The number of hydrogen-bond donors (Lipinski definition) is 0. The molecule has 0 saturated carbocycles. The van der Waals surface area contributed by atoms with Crippen LogP contribution in [0.2, 0.25) is 0 Å². The molecule has 4 heteroatoms. The minimum absolute atomic E-state index is 0.101. The van der Waals surface area contributed by atoms with Crippen LogP contribution in [0.3, 0.4) is 0 Å². The van der Waals surface area contributed by atoms with Crippen LogP contribution in [-0.4, -0.2) is 17.2 Å². The summed E-state index contributed by atoms with van der Waals surface area (Å²) in [6.45, 7) is 3.38. The highest BCUT2D eigenvalue weighted by molar-refractivity contribution is 8.06. The van der Waals surface area contributed by atoms with Gasteiger partial charge in [-0.2, -0.15) is 0 Å². The molecular weight excluding hydrogens is 228 g/mol. The molecule has 15 heavy (non-hydrogen) atoms. The number of rotatable bonds is 2. The van der Waals surface area contributed by atoms with Crippen LogP contribution in [0.4, 0.5) is 0 Å². The third-order valence-corrected chi connectivity index (χ3v) is 4.51.